The minimum Gasteiger partial charge on any atom is -0.496 e. The smallest absolute Gasteiger partial charge is 0.124 e. The van der Waals surface area contributed by atoms with Gasteiger partial charge in [0.25, 0.3) is 0 Å². The summed E-state index contributed by atoms with van der Waals surface area (Å²) < 4.78 is 6.52. The van der Waals surface area contributed by atoms with Gasteiger partial charge in [-0.15, -0.1) is 0 Å². The topological polar surface area (TPSA) is 29.5 Å². The summed E-state index contributed by atoms with van der Waals surface area (Å²) >= 11 is 3.54. The normalized spacial score (nSPS) is 38.5. The molecule has 0 aromatic heterocycles. The van der Waals surface area contributed by atoms with Gasteiger partial charge < -0.3 is 9.84 Å². The van der Waals surface area contributed by atoms with Crippen LogP contribution in [0, 0.1) is 23.2 Å². The molecule has 1 aromatic rings. The fourth-order valence-electron chi connectivity index (χ4n) is 5.76. The van der Waals surface area contributed by atoms with Crippen molar-refractivity contribution < 1.29 is 9.84 Å². The van der Waals surface area contributed by atoms with E-state index < -0.39 is 6.10 Å². The van der Waals surface area contributed by atoms with Crippen molar-refractivity contribution in [3.8, 4) is 5.75 Å². The summed E-state index contributed by atoms with van der Waals surface area (Å²) in [4.78, 5) is 0. The summed E-state index contributed by atoms with van der Waals surface area (Å²) in [5, 5.41) is 11.2. The van der Waals surface area contributed by atoms with Crippen LogP contribution in [0.3, 0.4) is 0 Å². The Labute approximate surface area is 135 Å². The summed E-state index contributed by atoms with van der Waals surface area (Å²) in [7, 11) is 1.69. The van der Waals surface area contributed by atoms with Crippen LogP contribution in [0.25, 0.3) is 0 Å². The number of methoxy groups -OCH3 is 1. The molecule has 0 aliphatic heterocycles. The molecule has 5 rings (SSSR count). The Morgan fingerprint density at radius 1 is 1.14 bits per heavy atom. The highest BCUT2D eigenvalue weighted by molar-refractivity contribution is 9.10. The van der Waals surface area contributed by atoms with Gasteiger partial charge in [-0.3, -0.25) is 0 Å². The maximum absolute atomic E-state index is 11.2. The highest BCUT2D eigenvalue weighted by Crippen LogP contribution is 2.64. The number of hydrogen-bond acceptors (Lipinski definition) is 2. The van der Waals surface area contributed by atoms with E-state index in [1.807, 2.05) is 18.2 Å². The van der Waals surface area contributed by atoms with Gasteiger partial charge in [-0.25, -0.2) is 0 Å². The van der Waals surface area contributed by atoms with Gasteiger partial charge >= 0.3 is 0 Å². The van der Waals surface area contributed by atoms with Crippen LogP contribution in [0.4, 0.5) is 0 Å². The van der Waals surface area contributed by atoms with Crippen molar-refractivity contribution in [3.05, 3.63) is 28.2 Å². The zero-order chi connectivity index (χ0) is 14.6. The third kappa shape index (κ3) is 2.24. The molecule has 4 aliphatic carbocycles. The van der Waals surface area contributed by atoms with Crippen LogP contribution in [0.2, 0.25) is 0 Å². The number of aliphatic hydroxyl groups excluding tert-OH is 1. The van der Waals surface area contributed by atoms with E-state index >= 15 is 0 Å². The average molecular weight is 351 g/mol. The average Bonchev–Trinajstić information content (AvgIpc) is 2.45. The Kier molecular flexibility index (Phi) is 3.34. The molecule has 1 unspecified atom stereocenters. The Bertz CT molecular complexity index is 519. The van der Waals surface area contributed by atoms with Gasteiger partial charge in [0.05, 0.1) is 13.2 Å². The summed E-state index contributed by atoms with van der Waals surface area (Å²) in [6.07, 6.45) is 7.44. The number of hydrogen-bond donors (Lipinski definition) is 1. The highest BCUT2D eigenvalue weighted by atomic mass is 79.9. The van der Waals surface area contributed by atoms with Gasteiger partial charge in [0.15, 0.2) is 0 Å². The van der Waals surface area contributed by atoms with Gasteiger partial charge in [-0.2, -0.15) is 0 Å². The largest absolute Gasteiger partial charge is 0.496 e. The zero-order valence-corrected chi connectivity index (χ0v) is 14.1. The van der Waals surface area contributed by atoms with Crippen LogP contribution >= 0.6 is 15.9 Å². The SMILES string of the molecule is COc1ccc(Br)cc1C(O)C12CC3CC(CC(C3)C1)C2. The molecule has 4 bridgehead atoms. The van der Waals surface area contributed by atoms with Crippen LogP contribution < -0.4 is 4.74 Å². The van der Waals surface area contributed by atoms with E-state index in [1.165, 1.54) is 38.5 Å². The molecule has 4 saturated carbocycles. The lowest BCUT2D eigenvalue weighted by Gasteiger charge is -2.58. The predicted octanol–water partition coefficient (Wildman–Crippen LogP) is 4.71. The number of halogens is 1. The standard InChI is InChI=1S/C18H23BrO2/c1-21-16-3-2-14(19)7-15(16)17(20)18-8-11-4-12(9-18)6-13(5-11)10-18/h2-3,7,11-13,17,20H,4-6,8-10H2,1H3. The molecule has 0 spiro atoms. The molecule has 0 radical (unpaired) electrons. The minimum atomic E-state index is -0.390. The zero-order valence-electron chi connectivity index (χ0n) is 12.5. The Hall–Kier alpha value is -0.540. The molecule has 0 heterocycles. The van der Waals surface area contributed by atoms with E-state index in [0.29, 0.717) is 0 Å². The van der Waals surface area contributed by atoms with Gasteiger partial charge in [0.1, 0.15) is 5.75 Å². The first-order valence-corrected chi connectivity index (χ1v) is 8.90. The molecule has 2 nitrogen and oxygen atoms in total. The van der Waals surface area contributed by atoms with E-state index in [9.17, 15) is 5.11 Å². The molecule has 1 aromatic carbocycles. The summed E-state index contributed by atoms with van der Waals surface area (Å²) in [5.74, 6) is 3.37. The van der Waals surface area contributed by atoms with Crippen molar-refractivity contribution in [1.82, 2.24) is 0 Å². The third-order valence-electron chi connectivity index (χ3n) is 6.15. The number of ether oxygens (including phenoxy) is 1. The molecule has 4 aliphatic rings. The van der Waals surface area contributed by atoms with E-state index in [-0.39, 0.29) is 5.41 Å². The van der Waals surface area contributed by atoms with Crippen LogP contribution in [-0.4, -0.2) is 12.2 Å². The lowest BCUT2D eigenvalue weighted by molar-refractivity contribution is -0.122. The van der Waals surface area contributed by atoms with Crippen molar-refractivity contribution in [3.63, 3.8) is 0 Å². The predicted molar refractivity (Wildman–Crippen MR) is 86.3 cm³/mol. The number of aliphatic hydroxyl groups is 1. The molecule has 0 amide bonds. The second kappa shape index (κ2) is 4.99. The van der Waals surface area contributed by atoms with E-state index in [1.54, 1.807) is 7.11 Å². The number of benzene rings is 1. The van der Waals surface area contributed by atoms with Crippen molar-refractivity contribution in [1.29, 1.82) is 0 Å². The minimum absolute atomic E-state index is 0.100. The molecule has 21 heavy (non-hydrogen) atoms. The first-order chi connectivity index (χ1) is 10.1. The first-order valence-electron chi connectivity index (χ1n) is 8.11. The quantitative estimate of drug-likeness (QED) is 0.855. The number of rotatable bonds is 3. The Morgan fingerprint density at radius 3 is 2.24 bits per heavy atom. The third-order valence-corrected chi connectivity index (χ3v) is 6.65. The maximum Gasteiger partial charge on any atom is 0.124 e. The van der Waals surface area contributed by atoms with Gasteiger partial charge in [-0.1, -0.05) is 15.9 Å². The van der Waals surface area contributed by atoms with Crippen molar-refractivity contribution in [2.24, 2.45) is 23.2 Å². The summed E-state index contributed by atoms with van der Waals surface area (Å²) in [5.41, 5.74) is 1.07. The van der Waals surface area contributed by atoms with Crippen LogP contribution in [0.1, 0.15) is 50.2 Å². The van der Waals surface area contributed by atoms with Crippen molar-refractivity contribution >= 4 is 15.9 Å². The monoisotopic (exact) mass is 350 g/mol. The Morgan fingerprint density at radius 2 is 1.71 bits per heavy atom. The van der Waals surface area contributed by atoms with E-state index in [4.69, 9.17) is 4.74 Å². The lowest BCUT2D eigenvalue weighted by Crippen LogP contribution is -2.48. The van der Waals surface area contributed by atoms with E-state index in [2.05, 4.69) is 15.9 Å². The molecular formula is C18H23BrO2. The molecule has 1 atom stereocenters. The molecule has 114 valence electrons. The van der Waals surface area contributed by atoms with Crippen molar-refractivity contribution in [2.75, 3.05) is 7.11 Å². The van der Waals surface area contributed by atoms with Crippen LogP contribution in [-0.2, 0) is 0 Å². The van der Waals surface area contributed by atoms with Crippen LogP contribution in [0.5, 0.6) is 5.75 Å². The van der Waals surface area contributed by atoms with Gasteiger partial charge in [0, 0.05) is 15.5 Å². The molecule has 3 heteroatoms. The van der Waals surface area contributed by atoms with Crippen LogP contribution in [0.15, 0.2) is 22.7 Å². The van der Waals surface area contributed by atoms with Crippen molar-refractivity contribution in [2.45, 2.75) is 44.6 Å². The summed E-state index contributed by atoms with van der Waals surface area (Å²) in [6, 6.07) is 5.99. The molecular weight excluding hydrogens is 328 g/mol. The second-order valence-corrected chi connectivity index (χ2v) is 8.48. The fourth-order valence-corrected chi connectivity index (χ4v) is 6.14. The highest BCUT2D eigenvalue weighted by Gasteiger charge is 2.54. The second-order valence-electron chi connectivity index (χ2n) is 7.57. The fraction of sp³-hybridized carbons (Fsp3) is 0.667. The molecule has 4 fully saturated rings. The maximum atomic E-state index is 11.2. The van der Waals surface area contributed by atoms with Gasteiger partial charge in [0.2, 0.25) is 0 Å². The first kappa shape index (κ1) is 14.1. The van der Waals surface area contributed by atoms with Gasteiger partial charge in [-0.05, 0) is 74.5 Å². The summed E-state index contributed by atoms with van der Waals surface area (Å²) in [6.45, 7) is 0. The lowest BCUT2D eigenvalue weighted by atomic mass is 9.47. The molecule has 1 N–H and O–H groups in total. The van der Waals surface area contributed by atoms with E-state index in [0.717, 1.165) is 33.5 Å². The Balaban J connectivity index is 1.71. The molecule has 0 saturated heterocycles.